The van der Waals surface area contributed by atoms with Crippen LogP contribution in [0.3, 0.4) is 0 Å². The molecule has 0 spiro atoms. The number of methoxy groups -OCH3 is 1. The van der Waals surface area contributed by atoms with Gasteiger partial charge in [-0.25, -0.2) is 4.98 Å². The third kappa shape index (κ3) is 3.93. The predicted octanol–water partition coefficient (Wildman–Crippen LogP) is 1.66. The standard InChI is InChI=1S/C20H25N5O3/c1-15-11-16(22-28-15)13-23-5-7-24(8-6-23)17-3-4-18-19(12-17)21-14-25(20(18)26)9-10-27-2/h3-4,11-12,14H,5-10,13H2,1-2H3. The van der Waals surface area contributed by atoms with Crippen LogP contribution in [0.15, 0.2) is 39.9 Å². The van der Waals surface area contributed by atoms with Crippen LogP contribution in [-0.4, -0.2) is 59.5 Å². The van der Waals surface area contributed by atoms with Crippen molar-refractivity contribution in [2.45, 2.75) is 20.0 Å². The van der Waals surface area contributed by atoms with Gasteiger partial charge < -0.3 is 14.2 Å². The largest absolute Gasteiger partial charge is 0.383 e. The second-order valence-corrected chi connectivity index (χ2v) is 7.13. The van der Waals surface area contributed by atoms with Crippen LogP contribution in [0.2, 0.25) is 0 Å². The highest BCUT2D eigenvalue weighted by Crippen LogP contribution is 2.21. The average molecular weight is 383 g/mol. The van der Waals surface area contributed by atoms with E-state index in [0.717, 1.165) is 55.4 Å². The van der Waals surface area contributed by atoms with Gasteiger partial charge in [0.2, 0.25) is 0 Å². The lowest BCUT2D eigenvalue weighted by atomic mass is 10.2. The molecule has 0 N–H and O–H groups in total. The molecule has 2 aromatic heterocycles. The lowest BCUT2D eigenvalue weighted by Crippen LogP contribution is -2.46. The fraction of sp³-hybridized carbons (Fsp3) is 0.450. The van der Waals surface area contributed by atoms with Gasteiger partial charge in [0.15, 0.2) is 0 Å². The van der Waals surface area contributed by atoms with Gasteiger partial charge in [-0.05, 0) is 25.1 Å². The van der Waals surface area contributed by atoms with E-state index in [1.165, 1.54) is 0 Å². The highest BCUT2D eigenvalue weighted by molar-refractivity contribution is 5.81. The molecule has 3 aromatic rings. The molecule has 8 heteroatoms. The minimum Gasteiger partial charge on any atom is -0.383 e. The van der Waals surface area contributed by atoms with E-state index in [2.05, 4.69) is 19.9 Å². The number of ether oxygens (including phenoxy) is 1. The molecule has 0 bridgehead atoms. The van der Waals surface area contributed by atoms with E-state index in [-0.39, 0.29) is 5.56 Å². The SMILES string of the molecule is COCCn1cnc2cc(N3CCN(Cc4cc(C)on4)CC3)ccc2c1=O. The van der Waals surface area contributed by atoms with Gasteiger partial charge in [0.25, 0.3) is 5.56 Å². The van der Waals surface area contributed by atoms with Gasteiger partial charge in [-0.1, -0.05) is 5.16 Å². The monoisotopic (exact) mass is 383 g/mol. The Bertz CT molecular complexity index is 1000. The van der Waals surface area contributed by atoms with Gasteiger partial charge in [0.1, 0.15) is 5.76 Å². The first kappa shape index (κ1) is 18.6. The predicted molar refractivity (Wildman–Crippen MR) is 107 cm³/mol. The maximum Gasteiger partial charge on any atom is 0.261 e. The summed E-state index contributed by atoms with van der Waals surface area (Å²) < 4.78 is 11.8. The molecule has 0 unspecified atom stereocenters. The minimum atomic E-state index is -0.0266. The Morgan fingerprint density at radius 3 is 2.71 bits per heavy atom. The minimum absolute atomic E-state index is 0.0266. The number of hydrogen-bond acceptors (Lipinski definition) is 7. The molecule has 4 rings (SSSR count). The van der Waals surface area contributed by atoms with E-state index in [1.807, 2.05) is 31.2 Å². The number of anilines is 1. The fourth-order valence-electron chi connectivity index (χ4n) is 3.58. The highest BCUT2D eigenvalue weighted by Gasteiger charge is 2.19. The van der Waals surface area contributed by atoms with Crippen LogP contribution in [0.25, 0.3) is 10.9 Å². The number of aryl methyl sites for hydroxylation is 1. The lowest BCUT2D eigenvalue weighted by Gasteiger charge is -2.35. The Labute approximate surface area is 163 Å². The molecule has 1 aromatic carbocycles. The first-order valence-corrected chi connectivity index (χ1v) is 9.51. The number of benzene rings is 1. The van der Waals surface area contributed by atoms with E-state index < -0.39 is 0 Å². The zero-order valence-corrected chi connectivity index (χ0v) is 16.3. The van der Waals surface area contributed by atoms with Crippen molar-refractivity contribution in [3.8, 4) is 0 Å². The van der Waals surface area contributed by atoms with Crippen LogP contribution in [0.1, 0.15) is 11.5 Å². The van der Waals surface area contributed by atoms with Crippen molar-refractivity contribution in [3.05, 3.63) is 52.4 Å². The Morgan fingerprint density at radius 2 is 2.00 bits per heavy atom. The van der Waals surface area contributed by atoms with Crippen molar-refractivity contribution in [1.82, 2.24) is 19.6 Å². The first-order chi connectivity index (χ1) is 13.6. The molecular formula is C20H25N5O3. The summed E-state index contributed by atoms with van der Waals surface area (Å²) in [5, 5.41) is 4.72. The van der Waals surface area contributed by atoms with Crippen molar-refractivity contribution in [2.75, 3.05) is 44.8 Å². The Kier molecular flexibility index (Phi) is 5.40. The number of nitrogens with zero attached hydrogens (tertiary/aromatic N) is 5. The molecule has 0 radical (unpaired) electrons. The summed E-state index contributed by atoms with van der Waals surface area (Å²) >= 11 is 0. The Balaban J connectivity index is 1.44. The van der Waals surface area contributed by atoms with Gasteiger partial charge in [0.05, 0.1) is 36.1 Å². The van der Waals surface area contributed by atoms with Gasteiger partial charge >= 0.3 is 0 Å². The second-order valence-electron chi connectivity index (χ2n) is 7.13. The Morgan fingerprint density at radius 1 is 1.18 bits per heavy atom. The maximum atomic E-state index is 12.6. The Hall–Kier alpha value is -2.71. The summed E-state index contributed by atoms with van der Waals surface area (Å²) in [5.74, 6) is 0.846. The van der Waals surface area contributed by atoms with Crippen LogP contribution < -0.4 is 10.5 Å². The number of piperazine rings is 1. The van der Waals surface area contributed by atoms with Crippen molar-refractivity contribution in [1.29, 1.82) is 0 Å². The number of hydrogen-bond donors (Lipinski definition) is 0. The van der Waals surface area contributed by atoms with E-state index in [4.69, 9.17) is 9.26 Å². The van der Waals surface area contributed by atoms with Gasteiger partial charge in [-0.15, -0.1) is 0 Å². The zero-order valence-electron chi connectivity index (χ0n) is 16.3. The van der Waals surface area contributed by atoms with Crippen molar-refractivity contribution in [3.63, 3.8) is 0 Å². The van der Waals surface area contributed by atoms with E-state index in [0.29, 0.717) is 18.5 Å². The van der Waals surface area contributed by atoms with Crippen LogP contribution in [0, 0.1) is 6.92 Å². The van der Waals surface area contributed by atoms with Gasteiger partial charge in [0, 0.05) is 51.6 Å². The third-order valence-electron chi connectivity index (χ3n) is 5.14. The summed E-state index contributed by atoms with van der Waals surface area (Å²) in [6, 6.07) is 7.89. The first-order valence-electron chi connectivity index (χ1n) is 9.51. The summed E-state index contributed by atoms with van der Waals surface area (Å²) in [5.41, 5.74) is 2.79. The smallest absolute Gasteiger partial charge is 0.261 e. The fourth-order valence-corrected chi connectivity index (χ4v) is 3.58. The molecule has 148 valence electrons. The molecule has 28 heavy (non-hydrogen) atoms. The van der Waals surface area contributed by atoms with Crippen molar-refractivity contribution >= 4 is 16.6 Å². The number of fused-ring (bicyclic) bond motifs is 1. The number of aromatic nitrogens is 3. The quantitative estimate of drug-likeness (QED) is 0.641. The van der Waals surface area contributed by atoms with Crippen LogP contribution in [0.4, 0.5) is 5.69 Å². The normalized spacial score (nSPS) is 15.4. The number of rotatable bonds is 6. The molecule has 1 aliphatic rings. The van der Waals surface area contributed by atoms with Crippen LogP contribution in [0.5, 0.6) is 0 Å². The zero-order chi connectivity index (χ0) is 19.5. The average Bonchev–Trinajstić information content (AvgIpc) is 3.12. The summed E-state index contributed by atoms with van der Waals surface area (Å²) in [7, 11) is 1.62. The van der Waals surface area contributed by atoms with Gasteiger partial charge in [-0.3, -0.25) is 14.3 Å². The van der Waals surface area contributed by atoms with E-state index in [9.17, 15) is 4.79 Å². The van der Waals surface area contributed by atoms with E-state index >= 15 is 0 Å². The van der Waals surface area contributed by atoms with Crippen LogP contribution in [-0.2, 0) is 17.8 Å². The molecule has 1 fully saturated rings. The lowest BCUT2D eigenvalue weighted by molar-refractivity contribution is 0.186. The van der Waals surface area contributed by atoms with Gasteiger partial charge in [-0.2, -0.15) is 0 Å². The molecular weight excluding hydrogens is 358 g/mol. The molecule has 1 aliphatic heterocycles. The molecule has 0 atom stereocenters. The topological polar surface area (TPSA) is 76.6 Å². The molecule has 0 aliphatic carbocycles. The molecule has 8 nitrogen and oxygen atoms in total. The third-order valence-corrected chi connectivity index (χ3v) is 5.14. The van der Waals surface area contributed by atoms with Crippen molar-refractivity contribution < 1.29 is 9.26 Å². The highest BCUT2D eigenvalue weighted by atomic mass is 16.5. The van der Waals surface area contributed by atoms with Crippen LogP contribution >= 0.6 is 0 Å². The summed E-state index contributed by atoms with van der Waals surface area (Å²) in [4.78, 5) is 21.8. The maximum absolute atomic E-state index is 12.6. The molecule has 3 heterocycles. The molecule has 0 amide bonds. The summed E-state index contributed by atoms with van der Waals surface area (Å²) in [6.45, 7) is 7.48. The molecule has 0 saturated carbocycles. The van der Waals surface area contributed by atoms with E-state index in [1.54, 1.807) is 18.0 Å². The summed E-state index contributed by atoms with van der Waals surface area (Å²) in [6.07, 6.45) is 1.60. The van der Waals surface area contributed by atoms with Crippen molar-refractivity contribution in [2.24, 2.45) is 0 Å². The second kappa shape index (κ2) is 8.12. The molecule has 1 saturated heterocycles.